The number of amides is 1. The number of nitrogens with two attached hydrogens (primary N) is 1. The summed E-state index contributed by atoms with van der Waals surface area (Å²) in [4.78, 5) is 21.4. The van der Waals surface area contributed by atoms with Gasteiger partial charge in [0, 0.05) is 6.54 Å². The highest BCUT2D eigenvalue weighted by Crippen LogP contribution is 1.85. The van der Waals surface area contributed by atoms with Crippen molar-refractivity contribution in [3.63, 3.8) is 0 Å². The van der Waals surface area contributed by atoms with Crippen LogP contribution in [-0.4, -0.2) is 70.1 Å². The molecule has 9 heteroatoms. The zero-order chi connectivity index (χ0) is 15.8. The molecule has 4 N–H and O–H groups in total. The number of carbonyl (C=O) groups is 2. The standard InChI is InChI=1S/C12H24N2O7/c13-3-1-5-18-9-20-7-11(15)14-4-2-6-19-10-21-8-12(16)17/h1-10,13H2,(H,14,15)(H,16,17). The number of rotatable bonds is 15. The van der Waals surface area contributed by atoms with Gasteiger partial charge in [0.25, 0.3) is 0 Å². The minimum Gasteiger partial charge on any atom is -0.480 e. The highest BCUT2D eigenvalue weighted by atomic mass is 16.7. The molecule has 0 saturated carbocycles. The molecule has 21 heavy (non-hydrogen) atoms. The molecule has 0 bridgehead atoms. The van der Waals surface area contributed by atoms with Gasteiger partial charge in [-0.3, -0.25) is 4.79 Å². The largest absolute Gasteiger partial charge is 0.480 e. The lowest BCUT2D eigenvalue weighted by Gasteiger charge is -2.07. The van der Waals surface area contributed by atoms with E-state index in [1.165, 1.54) is 0 Å². The Bertz CT molecular complexity index is 276. The highest BCUT2D eigenvalue weighted by molar-refractivity contribution is 5.77. The molecule has 0 aliphatic carbocycles. The zero-order valence-electron chi connectivity index (χ0n) is 12.0. The third-order valence-electron chi connectivity index (χ3n) is 2.07. The summed E-state index contributed by atoms with van der Waals surface area (Å²) in [5.74, 6) is -1.28. The molecule has 0 heterocycles. The van der Waals surface area contributed by atoms with Crippen LogP contribution in [0.4, 0.5) is 0 Å². The molecule has 1 amide bonds. The van der Waals surface area contributed by atoms with Crippen LogP contribution >= 0.6 is 0 Å². The minimum atomic E-state index is -1.04. The van der Waals surface area contributed by atoms with Crippen LogP contribution in [0.25, 0.3) is 0 Å². The van der Waals surface area contributed by atoms with Crippen LogP contribution in [0.15, 0.2) is 0 Å². The molecule has 0 unspecified atom stereocenters. The topological polar surface area (TPSA) is 129 Å². The van der Waals surface area contributed by atoms with E-state index in [0.717, 1.165) is 6.42 Å². The van der Waals surface area contributed by atoms with Crippen molar-refractivity contribution in [1.29, 1.82) is 0 Å². The number of hydrogen-bond acceptors (Lipinski definition) is 7. The minimum absolute atomic E-state index is 0.0643. The van der Waals surface area contributed by atoms with Crippen molar-refractivity contribution in [2.75, 3.05) is 53.1 Å². The maximum Gasteiger partial charge on any atom is 0.329 e. The fraction of sp³-hybridized carbons (Fsp3) is 0.833. The molecule has 0 aromatic rings. The molecular weight excluding hydrogens is 284 g/mol. The molecular formula is C12H24N2O7. The predicted octanol–water partition coefficient (Wildman–Crippen LogP) is -1.09. The summed E-state index contributed by atoms with van der Waals surface area (Å²) in [6.45, 7) is 1.41. The predicted molar refractivity (Wildman–Crippen MR) is 72.5 cm³/mol. The average molecular weight is 308 g/mol. The second kappa shape index (κ2) is 15.1. The molecule has 0 aliphatic heterocycles. The van der Waals surface area contributed by atoms with Crippen LogP contribution in [0, 0.1) is 0 Å². The number of ether oxygens (including phenoxy) is 4. The normalized spacial score (nSPS) is 10.5. The lowest BCUT2D eigenvalue weighted by molar-refractivity contribution is -0.148. The number of nitrogens with one attached hydrogen (secondary N) is 1. The van der Waals surface area contributed by atoms with Gasteiger partial charge in [0.2, 0.25) is 5.91 Å². The summed E-state index contributed by atoms with van der Waals surface area (Å²) in [6.07, 6.45) is 1.35. The van der Waals surface area contributed by atoms with Gasteiger partial charge in [0.1, 0.15) is 26.8 Å². The van der Waals surface area contributed by atoms with Crippen LogP contribution < -0.4 is 11.1 Å². The van der Waals surface area contributed by atoms with Gasteiger partial charge in [0.15, 0.2) is 0 Å². The van der Waals surface area contributed by atoms with E-state index in [0.29, 0.717) is 32.7 Å². The summed E-state index contributed by atoms with van der Waals surface area (Å²) >= 11 is 0. The van der Waals surface area contributed by atoms with Crippen LogP contribution in [0.5, 0.6) is 0 Å². The van der Waals surface area contributed by atoms with Gasteiger partial charge < -0.3 is 35.1 Å². The van der Waals surface area contributed by atoms with E-state index >= 15 is 0 Å². The Kier molecular flexibility index (Phi) is 14.2. The first-order valence-electron chi connectivity index (χ1n) is 6.66. The van der Waals surface area contributed by atoms with Crippen LogP contribution in [0.3, 0.4) is 0 Å². The van der Waals surface area contributed by atoms with Gasteiger partial charge >= 0.3 is 5.97 Å². The first kappa shape index (κ1) is 19.7. The van der Waals surface area contributed by atoms with Gasteiger partial charge in [-0.2, -0.15) is 0 Å². The average Bonchev–Trinajstić information content (AvgIpc) is 2.45. The Morgan fingerprint density at radius 2 is 1.57 bits per heavy atom. The Morgan fingerprint density at radius 1 is 0.952 bits per heavy atom. The van der Waals surface area contributed by atoms with Gasteiger partial charge in [0.05, 0.1) is 13.2 Å². The maximum atomic E-state index is 11.3. The van der Waals surface area contributed by atoms with Crippen molar-refractivity contribution in [2.24, 2.45) is 5.73 Å². The van der Waals surface area contributed by atoms with Crippen molar-refractivity contribution in [1.82, 2.24) is 5.32 Å². The smallest absolute Gasteiger partial charge is 0.329 e. The van der Waals surface area contributed by atoms with E-state index in [-0.39, 0.29) is 32.7 Å². The third kappa shape index (κ3) is 16.7. The van der Waals surface area contributed by atoms with Crippen LogP contribution in [0.2, 0.25) is 0 Å². The molecule has 0 aromatic carbocycles. The summed E-state index contributed by atoms with van der Waals surface area (Å²) in [6, 6.07) is 0. The lowest BCUT2D eigenvalue weighted by Crippen LogP contribution is -2.29. The molecule has 0 rings (SSSR count). The van der Waals surface area contributed by atoms with E-state index in [4.69, 9.17) is 25.1 Å². The first-order chi connectivity index (χ1) is 10.2. The molecule has 0 aromatic heterocycles. The number of carboxylic acid groups (broad SMARTS) is 1. The second-order valence-electron chi connectivity index (χ2n) is 3.99. The number of hydrogen-bond donors (Lipinski definition) is 3. The van der Waals surface area contributed by atoms with Crippen molar-refractivity contribution >= 4 is 11.9 Å². The Labute approximate surface area is 123 Å². The van der Waals surface area contributed by atoms with E-state index < -0.39 is 5.97 Å². The van der Waals surface area contributed by atoms with E-state index in [2.05, 4.69) is 10.1 Å². The summed E-state index contributed by atoms with van der Waals surface area (Å²) < 4.78 is 19.7. The number of carboxylic acids is 1. The van der Waals surface area contributed by atoms with Crippen molar-refractivity contribution in [3.05, 3.63) is 0 Å². The molecule has 0 radical (unpaired) electrons. The fourth-order valence-corrected chi connectivity index (χ4v) is 1.14. The number of aliphatic carboxylic acids is 1. The highest BCUT2D eigenvalue weighted by Gasteiger charge is 2.00. The molecule has 0 saturated heterocycles. The van der Waals surface area contributed by atoms with Crippen molar-refractivity contribution in [3.8, 4) is 0 Å². The summed E-state index contributed by atoms with van der Waals surface area (Å²) in [7, 11) is 0. The van der Waals surface area contributed by atoms with Crippen molar-refractivity contribution in [2.45, 2.75) is 12.8 Å². The summed E-state index contributed by atoms with van der Waals surface area (Å²) in [5, 5.41) is 10.9. The quantitative estimate of drug-likeness (QED) is 0.257. The van der Waals surface area contributed by atoms with E-state index in [1.807, 2.05) is 0 Å². The first-order valence-corrected chi connectivity index (χ1v) is 6.66. The maximum absolute atomic E-state index is 11.3. The van der Waals surface area contributed by atoms with Gasteiger partial charge in [-0.1, -0.05) is 0 Å². The summed E-state index contributed by atoms with van der Waals surface area (Å²) in [5.41, 5.74) is 5.28. The molecule has 0 atom stereocenters. The SMILES string of the molecule is NCCCOCOCC(=O)NCCCOCOCC(=O)O. The Hall–Kier alpha value is -1.26. The Morgan fingerprint density at radius 3 is 2.19 bits per heavy atom. The lowest BCUT2D eigenvalue weighted by atomic mass is 10.4. The van der Waals surface area contributed by atoms with Gasteiger partial charge in [-0.25, -0.2) is 4.79 Å². The van der Waals surface area contributed by atoms with Crippen LogP contribution in [0.1, 0.15) is 12.8 Å². The fourth-order valence-electron chi connectivity index (χ4n) is 1.14. The van der Waals surface area contributed by atoms with E-state index in [9.17, 15) is 9.59 Å². The molecule has 0 fully saturated rings. The zero-order valence-corrected chi connectivity index (χ0v) is 12.0. The third-order valence-corrected chi connectivity index (χ3v) is 2.07. The van der Waals surface area contributed by atoms with Gasteiger partial charge in [-0.15, -0.1) is 0 Å². The van der Waals surface area contributed by atoms with E-state index in [1.54, 1.807) is 0 Å². The molecule has 0 aliphatic rings. The number of carbonyl (C=O) groups excluding carboxylic acids is 1. The van der Waals surface area contributed by atoms with Crippen LogP contribution in [-0.2, 0) is 28.5 Å². The van der Waals surface area contributed by atoms with Crippen molar-refractivity contribution < 1.29 is 33.6 Å². The van der Waals surface area contributed by atoms with Gasteiger partial charge in [-0.05, 0) is 19.4 Å². The molecule has 0 spiro atoms. The second-order valence-corrected chi connectivity index (χ2v) is 3.99. The molecule has 124 valence electrons. The monoisotopic (exact) mass is 308 g/mol. The molecule has 9 nitrogen and oxygen atoms in total. The Balaban J connectivity index is 3.17.